The van der Waals surface area contributed by atoms with Crippen LogP contribution >= 0.6 is 11.6 Å². The van der Waals surface area contributed by atoms with Gasteiger partial charge in [-0.1, -0.05) is 31.0 Å². The average Bonchev–Trinajstić information content (AvgIpc) is 2.96. The van der Waals surface area contributed by atoms with Crippen molar-refractivity contribution in [3.63, 3.8) is 0 Å². The molecule has 2 aromatic carbocycles. The molecule has 0 spiro atoms. The second-order valence-corrected chi connectivity index (χ2v) is 8.79. The van der Waals surface area contributed by atoms with E-state index in [1.54, 1.807) is 12.1 Å². The first kappa shape index (κ1) is 23.3. The summed E-state index contributed by atoms with van der Waals surface area (Å²) in [6.07, 6.45) is 1.51. The first-order valence-electron chi connectivity index (χ1n) is 10.1. The predicted molar refractivity (Wildman–Crippen MR) is 113 cm³/mol. The molecule has 1 heterocycles. The van der Waals surface area contributed by atoms with Crippen molar-refractivity contribution >= 4 is 17.6 Å². The lowest BCUT2D eigenvalue weighted by Crippen LogP contribution is -2.34. The van der Waals surface area contributed by atoms with Gasteiger partial charge in [-0.25, -0.2) is 4.39 Å². The number of aliphatic carboxylic acids is 1. The smallest absolute Gasteiger partial charge is 0.355 e. The lowest BCUT2D eigenvalue weighted by molar-refractivity contribution is -0.305. The van der Waals surface area contributed by atoms with Crippen LogP contribution in [-0.2, 0) is 30.0 Å². The summed E-state index contributed by atoms with van der Waals surface area (Å²) in [5.41, 5.74) is 0.852. The van der Waals surface area contributed by atoms with Gasteiger partial charge in [-0.2, -0.15) is 0 Å². The van der Waals surface area contributed by atoms with Crippen LogP contribution in [0.4, 0.5) is 4.39 Å². The number of carboxylic acids is 1. The highest BCUT2D eigenvalue weighted by atomic mass is 35.5. The van der Waals surface area contributed by atoms with Crippen LogP contribution < -0.4 is 9.47 Å². The van der Waals surface area contributed by atoms with E-state index in [0.717, 1.165) is 0 Å². The van der Waals surface area contributed by atoms with Crippen molar-refractivity contribution in [1.82, 2.24) is 0 Å². The van der Waals surface area contributed by atoms with Gasteiger partial charge in [-0.05, 0) is 56.0 Å². The zero-order chi connectivity index (χ0) is 23.0. The molecular formula is C23H26ClFO6. The molecular weight excluding hydrogens is 427 g/mol. The van der Waals surface area contributed by atoms with Gasteiger partial charge in [0.1, 0.15) is 11.4 Å². The normalized spacial score (nSPS) is 14.8. The maximum absolute atomic E-state index is 15.2. The molecule has 0 amide bonds. The molecule has 0 fully saturated rings. The minimum absolute atomic E-state index is 0.119. The highest BCUT2D eigenvalue weighted by molar-refractivity contribution is 6.30. The lowest BCUT2D eigenvalue weighted by Gasteiger charge is -2.27. The number of halogens is 2. The number of carboxylic acid groups (broad SMARTS) is 1. The summed E-state index contributed by atoms with van der Waals surface area (Å²) in [7, 11) is 0. The number of aliphatic hydroxyl groups is 2. The Bertz CT molecular complexity index is 1000. The third-order valence-corrected chi connectivity index (χ3v) is 5.36. The Morgan fingerprint density at radius 1 is 1.29 bits per heavy atom. The number of hydrogen-bond donors (Lipinski definition) is 3. The quantitative estimate of drug-likeness (QED) is 0.516. The van der Waals surface area contributed by atoms with Crippen molar-refractivity contribution in [3.05, 3.63) is 57.4 Å². The Morgan fingerprint density at radius 2 is 2.00 bits per heavy atom. The van der Waals surface area contributed by atoms with E-state index in [1.807, 2.05) is 20.8 Å². The molecule has 0 aliphatic carbocycles. The Morgan fingerprint density at radius 3 is 2.65 bits per heavy atom. The summed E-state index contributed by atoms with van der Waals surface area (Å²) >= 11 is 6.15. The van der Waals surface area contributed by atoms with Crippen LogP contribution in [0.2, 0.25) is 5.02 Å². The number of carbonyl (C=O) groups is 1. The molecule has 0 saturated heterocycles. The van der Waals surface area contributed by atoms with E-state index in [1.165, 1.54) is 12.1 Å². The van der Waals surface area contributed by atoms with E-state index < -0.39 is 23.4 Å². The van der Waals surface area contributed by atoms with Crippen molar-refractivity contribution in [2.24, 2.45) is 0 Å². The van der Waals surface area contributed by atoms with E-state index >= 15 is 4.39 Å². The number of ether oxygens (including phenoxy) is 2. The van der Waals surface area contributed by atoms with Crippen LogP contribution in [0.3, 0.4) is 0 Å². The van der Waals surface area contributed by atoms with Crippen molar-refractivity contribution in [2.45, 2.75) is 64.4 Å². The number of aryl methyl sites for hydroxylation is 1. The third-order valence-electron chi connectivity index (χ3n) is 5.14. The monoisotopic (exact) mass is 452 g/mol. The molecule has 1 aliphatic heterocycles. The first-order valence-corrected chi connectivity index (χ1v) is 10.5. The number of rotatable bonds is 8. The summed E-state index contributed by atoms with van der Waals surface area (Å²) in [5, 5.41) is 30.7. The first-order chi connectivity index (χ1) is 14.4. The molecule has 8 heteroatoms. The largest absolute Gasteiger partial charge is 0.487 e. The minimum Gasteiger partial charge on any atom is -0.487 e. The minimum atomic E-state index is -2.90. The van der Waals surface area contributed by atoms with Gasteiger partial charge < -0.3 is 24.8 Å². The van der Waals surface area contributed by atoms with Gasteiger partial charge in [-0.15, -0.1) is 0 Å². The van der Waals surface area contributed by atoms with E-state index in [-0.39, 0.29) is 34.9 Å². The summed E-state index contributed by atoms with van der Waals surface area (Å²) in [6.45, 7) is 5.58. The van der Waals surface area contributed by atoms with Crippen LogP contribution in [0.25, 0.3) is 0 Å². The molecule has 0 atom stereocenters. The fourth-order valence-electron chi connectivity index (χ4n) is 3.84. The van der Waals surface area contributed by atoms with Crippen molar-refractivity contribution in [1.29, 1.82) is 0 Å². The van der Waals surface area contributed by atoms with Crippen LogP contribution in [0.5, 0.6) is 11.5 Å². The summed E-state index contributed by atoms with van der Waals surface area (Å²) in [6, 6.07) is 5.81. The van der Waals surface area contributed by atoms with Crippen LogP contribution in [0.15, 0.2) is 24.3 Å². The molecule has 1 aliphatic rings. The molecule has 0 aromatic heterocycles. The van der Waals surface area contributed by atoms with Gasteiger partial charge in [0, 0.05) is 23.4 Å². The molecule has 168 valence electrons. The molecule has 0 radical (unpaired) electrons. The number of hydrogen-bond acceptors (Lipinski definition) is 5. The maximum Gasteiger partial charge on any atom is 0.355 e. The fraction of sp³-hybridized carbons (Fsp3) is 0.435. The van der Waals surface area contributed by atoms with Crippen molar-refractivity contribution in [2.75, 3.05) is 0 Å². The molecule has 0 saturated carbocycles. The second-order valence-electron chi connectivity index (χ2n) is 8.35. The Hall–Kier alpha value is -2.35. The topological polar surface area (TPSA) is 96.2 Å². The van der Waals surface area contributed by atoms with E-state index in [2.05, 4.69) is 0 Å². The molecule has 0 unspecified atom stereocenters. The molecule has 3 N–H and O–H groups in total. The number of fused-ring (bicyclic) bond motifs is 1. The van der Waals surface area contributed by atoms with E-state index in [0.29, 0.717) is 36.0 Å². The fourth-order valence-corrected chi connectivity index (χ4v) is 4.08. The average molecular weight is 453 g/mol. The molecule has 6 nitrogen and oxygen atoms in total. The maximum atomic E-state index is 15.2. The third kappa shape index (κ3) is 5.11. The molecule has 3 rings (SSSR count). The number of benzene rings is 2. The summed E-state index contributed by atoms with van der Waals surface area (Å²) in [5.74, 6) is -4.75. The van der Waals surface area contributed by atoms with Crippen LogP contribution in [-0.4, -0.2) is 26.9 Å². The molecule has 31 heavy (non-hydrogen) atoms. The second kappa shape index (κ2) is 8.65. The van der Waals surface area contributed by atoms with Crippen LogP contribution in [0.1, 0.15) is 55.9 Å². The van der Waals surface area contributed by atoms with Gasteiger partial charge in [-0.3, -0.25) is 4.79 Å². The zero-order valence-electron chi connectivity index (χ0n) is 17.7. The summed E-state index contributed by atoms with van der Waals surface area (Å²) < 4.78 is 26.4. The van der Waals surface area contributed by atoms with Crippen LogP contribution in [0, 0.1) is 5.82 Å². The summed E-state index contributed by atoms with van der Waals surface area (Å²) in [4.78, 5) is 10.9. The zero-order valence-corrected chi connectivity index (χ0v) is 18.4. The highest BCUT2D eigenvalue weighted by Gasteiger charge is 2.41. The highest BCUT2D eigenvalue weighted by Crippen LogP contribution is 2.44. The predicted octanol–water partition coefficient (Wildman–Crippen LogP) is 4.34. The van der Waals surface area contributed by atoms with Gasteiger partial charge in [0.25, 0.3) is 0 Å². The molecule has 0 bridgehead atoms. The van der Waals surface area contributed by atoms with E-state index in [9.17, 15) is 15.0 Å². The van der Waals surface area contributed by atoms with Gasteiger partial charge >= 0.3 is 11.9 Å². The Labute approximate surface area is 185 Å². The molecule has 2 aromatic rings. The Kier molecular flexibility index (Phi) is 6.51. The van der Waals surface area contributed by atoms with Crippen molar-refractivity contribution in [3.8, 4) is 11.5 Å². The van der Waals surface area contributed by atoms with Gasteiger partial charge in [0.2, 0.25) is 0 Å². The Balaban J connectivity index is 1.97. The van der Waals surface area contributed by atoms with Crippen molar-refractivity contribution < 1.29 is 34.0 Å². The van der Waals surface area contributed by atoms with Gasteiger partial charge in [0.05, 0.1) is 5.56 Å². The van der Waals surface area contributed by atoms with Gasteiger partial charge in [0.15, 0.2) is 11.6 Å². The van der Waals surface area contributed by atoms with E-state index in [4.69, 9.17) is 26.2 Å². The standard InChI is InChI=1S/C23H26ClFO6/c1-4-5-16-13(7-9-19(26)27)6-8-18(20(16)25)30-23(28,29)17-11-15(24)10-14-12-22(2,3)31-21(14)17/h6,8,10-11,28-29H,4-5,7,9,12H2,1-3H3,(H,26,27). The SMILES string of the molecule is CCCc1c(CCC(=O)O)ccc(OC(O)(O)c2cc(Cl)cc3c2OC(C)(C)C3)c1F. The lowest BCUT2D eigenvalue weighted by atomic mass is 9.98.